The van der Waals surface area contributed by atoms with Crippen molar-refractivity contribution in [2.75, 3.05) is 18.0 Å². The van der Waals surface area contributed by atoms with Crippen molar-refractivity contribution in [2.45, 2.75) is 52.6 Å². The summed E-state index contributed by atoms with van der Waals surface area (Å²) >= 11 is 0. The highest BCUT2D eigenvalue weighted by molar-refractivity contribution is 5.54. The van der Waals surface area contributed by atoms with E-state index in [-0.39, 0.29) is 5.54 Å². The molecule has 1 aliphatic rings. The van der Waals surface area contributed by atoms with Crippen LogP contribution in [0.15, 0.2) is 18.5 Å². The molecule has 0 saturated carbocycles. The monoisotopic (exact) mass is 261 g/mol. The van der Waals surface area contributed by atoms with E-state index in [4.69, 9.17) is 0 Å². The summed E-state index contributed by atoms with van der Waals surface area (Å²) < 4.78 is 0. The van der Waals surface area contributed by atoms with E-state index in [0.717, 1.165) is 19.6 Å². The molecule has 0 radical (unpaired) electrons. The van der Waals surface area contributed by atoms with Crippen LogP contribution in [0, 0.1) is 5.92 Å². The second kappa shape index (κ2) is 5.91. The van der Waals surface area contributed by atoms with Gasteiger partial charge in [-0.05, 0) is 50.8 Å². The van der Waals surface area contributed by atoms with Gasteiger partial charge in [0, 0.05) is 24.8 Å². The number of nitrogens with one attached hydrogen (secondary N) is 1. The molecule has 0 atom stereocenters. The van der Waals surface area contributed by atoms with E-state index in [9.17, 15) is 0 Å². The Bertz CT molecular complexity index is 412. The highest BCUT2D eigenvalue weighted by Crippen LogP contribution is 2.34. The SMILES string of the molecule is CC(C)CNCc1ccncc1N1CCCC1(C)C. The fraction of sp³-hybridized carbons (Fsp3) is 0.688. The van der Waals surface area contributed by atoms with Gasteiger partial charge in [0.15, 0.2) is 0 Å². The molecule has 0 aromatic carbocycles. The second-order valence-electron chi connectivity index (χ2n) is 6.60. The van der Waals surface area contributed by atoms with Gasteiger partial charge < -0.3 is 10.2 Å². The van der Waals surface area contributed by atoms with E-state index in [1.165, 1.54) is 24.1 Å². The minimum Gasteiger partial charge on any atom is -0.365 e. The predicted octanol–water partition coefficient (Wildman–Crippen LogP) is 3.21. The normalized spacial score (nSPS) is 18.3. The highest BCUT2D eigenvalue weighted by atomic mass is 15.2. The molecule has 2 rings (SSSR count). The van der Waals surface area contributed by atoms with Crippen LogP contribution in [0.4, 0.5) is 5.69 Å². The molecule has 1 aromatic heterocycles. The summed E-state index contributed by atoms with van der Waals surface area (Å²) in [5.74, 6) is 0.688. The van der Waals surface area contributed by atoms with Gasteiger partial charge in [0.1, 0.15) is 0 Å². The van der Waals surface area contributed by atoms with Crippen molar-refractivity contribution >= 4 is 5.69 Å². The number of anilines is 1. The molecule has 0 spiro atoms. The molecule has 1 fully saturated rings. The average Bonchev–Trinajstić information content (AvgIpc) is 2.69. The molecule has 0 amide bonds. The number of nitrogens with zero attached hydrogens (tertiary/aromatic N) is 2. The van der Waals surface area contributed by atoms with E-state index in [2.05, 4.69) is 49.0 Å². The summed E-state index contributed by atoms with van der Waals surface area (Å²) in [7, 11) is 0. The van der Waals surface area contributed by atoms with Crippen molar-refractivity contribution < 1.29 is 0 Å². The molecule has 1 aromatic rings. The zero-order valence-corrected chi connectivity index (χ0v) is 12.7. The predicted molar refractivity (Wildman–Crippen MR) is 81.4 cm³/mol. The lowest BCUT2D eigenvalue weighted by Crippen LogP contribution is -2.39. The summed E-state index contributed by atoms with van der Waals surface area (Å²) in [5.41, 5.74) is 2.93. The smallest absolute Gasteiger partial charge is 0.0602 e. The molecule has 3 nitrogen and oxygen atoms in total. The summed E-state index contributed by atoms with van der Waals surface area (Å²) in [6.07, 6.45) is 6.47. The third kappa shape index (κ3) is 3.47. The zero-order chi connectivity index (χ0) is 13.9. The Morgan fingerprint density at radius 2 is 2.21 bits per heavy atom. The molecular weight excluding hydrogens is 234 g/mol. The number of hydrogen-bond acceptors (Lipinski definition) is 3. The fourth-order valence-corrected chi connectivity index (χ4v) is 2.86. The molecule has 1 saturated heterocycles. The van der Waals surface area contributed by atoms with Gasteiger partial charge in [-0.2, -0.15) is 0 Å². The van der Waals surface area contributed by atoms with Gasteiger partial charge in [0.05, 0.1) is 11.9 Å². The van der Waals surface area contributed by atoms with Gasteiger partial charge in [0.2, 0.25) is 0 Å². The summed E-state index contributed by atoms with van der Waals surface area (Å²) in [6.45, 7) is 12.3. The summed E-state index contributed by atoms with van der Waals surface area (Å²) in [6, 6.07) is 2.15. The maximum Gasteiger partial charge on any atom is 0.0602 e. The van der Waals surface area contributed by atoms with Gasteiger partial charge in [-0.1, -0.05) is 13.8 Å². The van der Waals surface area contributed by atoms with E-state index in [1.54, 1.807) is 0 Å². The Kier molecular flexibility index (Phi) is 4.46. The Balaban J connectivity index is 2.12. The quantitative estimate of drug-likeness (QED) is 0.882. The first-order chi connectivity index (χ1) is 9.00. The van der Waals surface area contributed by atoms with Crippen LogP contribution in [0.1, 0.15) is 46.1 Å². The van der Waals surface area contributed by atoms with Crippen LogP contribution >= 0.6 is 0 Å². The number of rotatable bonds is 5. The molecule has 0 bridgehead atoms. The Morgan fingerprint density at radius 3 is 2.84 bits per heavy atom. The molecule has 1 aliphatic heterocycles. The van der Waals surface area contributed by atoms with E-state index >= 15 is 0 Å². The summed E-state index contributed by atoms with van der Waals surface area (Å²) in [4.78, 5) is 6.85. The maximum atomic E-state index is 4.33. The van der Waals surface area contributed by atoms with Crippen LogP contribution in [0.5, 0.6) is 0 Å². The van der Waals surface area contributed by atoms with Crippen molar-refractivity contribution in [3.05, 3.63) is 24.0 Å². The highest BCUT2D eigenvalue weighted by Gasteiger charge is 2.33. The standard InChI is InChI=1S/C16H27N3/c1-13(2)10-18-11-14-6-8-17-12-15(14)19-9-5-7-16(19,3)4/h6,8,12-13,18H,5,7,9-11H2,1-4H3. The Labute approximate surface area is 117 Å². The van der Waals surface area contributed by atoms with E-state index < -0.39 is 0 Å². The molecular formula is C16H27N3. The van der Waals surface area contributed by atoms with Crippen molar-refractivity contribution in [2.24, 2.45) is 5.92 Å². The van der Waals surface area contributed by atoms with Crippen molar-refractivity contribution in [3.8, 4) is 0 Å². The van der Waals surface area contributed by atoms with Crippen molar-refractivity contribution in [1.82, 2.24) is 10.3 Å². The molecule has 2 heterocycles. The van der Waals surface area contributed by atoms with Crippen LogP contribution in [0.3, 0.4) is 0 Å². The third-order valence-electron chi connectivity index (χ3n) is 3.95. The van der Waals surface area contributed by atoms with Gasteiger partial charge >= 0.3 is 0 Å². The summed E-state index contributed by atoms with van der Waals surface area (Å²) in [5, 5.41) is 3.54. The van der Waals surface area contributed by atoms with E-state index in [0.29, 0.717) is 5.92 Å². The average molecular weight is 261 g/mol. The fourth-order valence-electron chi connectivity index (χ4n) is 2.86. The first kappa shape index (κ1) is 14.3. The van der Waals surface area contributed by atoms with Crippen LogP contribution in [-0.2, 0) is 6.54 Å². The zero-order valence-electron chi connectivity index (χ0n) is 12.7. The largest absolute Gasteiger partial charge is 0.365 e. The van der Waals surface area contributed by atoms with Crippen molar-refractivity contribution in [3.63, 3.8) is 0 Å². The molecule has 106 valence electrons. The first-order valence-corrected chi connectivity index (χ1v) is 7.42. The van der Waals surface area contributed by atoms with E-state index in [1.807, 2.05) is 12.4 Å². The van der Waals surface area contributed by atoms with Gasteiger partial charge in [-0.15, -0.1) is 0 Å². The second-order valence-corrected chi connectivity index (χ2v) is 6.60. The number of hydrogen-bond donors (Lipinski definition) is 1. The lowest BCUT2D eigenvalue weighted by atomic mass is 10.0. The Hall–Kier alpha value is -1.09. The lowest BCUT2D eigenvalue weighted by Gasteiger charge is -2.35. The lowest BCUT2D eigenvalue weighted by molar-refractivity contribution is 0.513. The molecule has 1 N–H and O–H groups in total. The van der Waals surface area contributed by atoms with Crippen LogP contribution in [0.2, 0.25) is 0 Å². The van der Waals surface area contributed by atoms with Gasteiger partial charge in [0.25, 0.3) is 0 Å². The molecule has 0 aliphatic carbocycles. The molecule has 19 heavy (non-hydrogen) atoms. The molecule has 0 unspecified atom stereocenters. The van der Waals surface area contributed by atoms with Gasteiger partial charge in [-0.3, -0.25) is 4.98 Å². The first-order valence-electron chi connectivity index (χ1n) is 7.42. The van der Waals surface area contributed by atoms with Crippen LogP contribution in [0.25, 0.3) is 0 Å². The third-order valence-corrected chi connectivity index (χ3v) is 3.95. The van der Waals surface area contributed by atoms with Gasteiger partial charge in [-0.25, -0.2) is 0 Å². The minimum absolute atomic E-state index is 0.260. The number of aromatic nitrogens is 1. The maximum absolute atomic E-state index is 4.33. The van der Waals surface area contributed by atoms with Crippen molar-refractivity contribution in [1.29, 1.82) is 0 Å². The Morgan fingerprint density at radius 1 is 1.42 bits per heavy atom. The molecule has 3 heteroatoms. The van der Waals surface area contributed by atoms with Crippen LogP contribution in [-0.4, -0.2) is 23.6 Å². The van der Waals surface area contributed by atoms with Crippen LogP contribution < -0.4 is 10.2 Å². The topological polar surface area (TPSA) is 28.2 Å². The minimum atomic E-state index is 0.260. The number of pyridine rings is 1.